The summed E-state index contributed by atoms with van der Waals surface area (Å²) >= 11 is 0. The van der Waals surface area contributed by atoms with E-state index >= 15 is 0 Å². The van der Waals surface area contributed by atoms with Gasteiger partial charge in [-0.05, 0) is 188 Å². The third kappa shape index (κ3) is 5.35. The van der Waals surface area contributed by atoms with E-state index < -0.39 is 0 Å². The Bertz CT molecular complexity index is 2750. The van der Waals surface area contributed by atoms with Crippen LogP contribution in [-0.2, 0) is 16.2 Å². The monoisotopic (exact) mass is 765 g/mol. The Labute approximate surface area is 351 Å². The second-order valence-corrected chi connectivity index (χ2v) is 20.5. The number of rotatable bonds is 5. The molecule has 0 aliphatic heterocycles. The van der Waals surface area contributed by atoms with Crippen molar-refractivity contribution >= 4 is 27.8 Å². The number of hydrogen-bond donors (Lipinski definition) is 0. The van der Waals surface area contributed by atoms with Crippen molar-refractivity contribution in [2.24, 2.45) is 23.7 Å². The summed E-state index contributed by atoms with van der Waals surface area (Å²) in [5, 5.41) is 2.56. The molecule has 1 nitrogen and oxygen atoms in total. The molecule has 0 unspecified atom stereocenters. The molecule has 0 radical (unpaired) electrons. The third-order valence-corrected chi connectivity index (χ3v) is 16.3. The fraction of sp³-hybridized carbons (Fsp3) is 0.310. The molecule has 1 heteroatoms. The standard InChI is InChI=1S/C58H55N/c1-56(2)27-28-57(3,4)55-36-49(24-26-54(55)56)59(47-21-19-41(20-22-47)40-13-15-42(16-14-40)44-18-17-39-9-5-6-10-43(39)34-44)48-23-25-53-51(35-48)50-11-7-8-12-52(50)58(53)45-30-37-29-38(32-45)33-46(58)31-37/h5-26,34-38,45-46H,27-33H2,1-4H3. The van der Waals surface area contributed by atoms with Gasteiger partial charge in [-0.3, -0.25) is 0 Å². The van der Waals surface area contributed by atoms with Crippen molar-refractivity contribution in [1.82, 2.24) is 0 Å². The zero-order chi connectivity index (χ0) is 39.7. The van der Waals surface area contributed by atoms with E-state index in [1.165, 1.54) is 117 Å². The van der Waals surface area contributed by atoms with Crippen LogP contribution in [0, 0.1) is 23.7 Å². The topological polar surface area (TPSA) is 3.24 Å². The Morgan fingerprint density at radius 1 is 0.390 bits per heavy atom. The van der Waals surface area contributed by atoms with Gasteiger partial charge in [0, 0.05) is 22.5 Å². The van der Waals surface area contributed by atoms with Gasteiger partial charge in [0.2, 0.25) is 0 Å². The second kappa shape index (κ2) is 12.8. The maximum atomic E-state index is 2.58. The van der Waals surface area contributed by atoms with Crippen LogP contribution >= 0.6 is 0 Å². The Hall–Kier alpha value is -5.40. The van der Waals surface area contributed by atoms with E-state index in [9.17, 15) is 0 Å². The van der Waals surface area contributed by atoms with Crippen molar-refractivity contribution < 1.29 is 0 Å². The van der Waals surface area contributed by atoms with Gasteiger partial charge < -0.3 is 4.90 Å². The lowest BCUT2D eigenvalue weighted by molar-refractivity contribution is -0.0399. The molecule has 6 aliphatic rings. The van der Waals surface area contributed by atoms with Crippen molar-refractivity contribution in [1.29, 1.82) is 0 Å². The van der Waals surface area contributed by atoms with Crippen molar-refractivity contribution in [3.63, 3.8) is 0 Å². The van der Waals surface area contributed by atoms with E-state index in [1.807, 2.05) is 0 Å². The van der Waals surface area contributed by atoms with Gasteiger partial charge in [-0.2, -0.15) is 0 Å². The highest BCUT2D eigenvalue weighted by Crippen LogP contribution is 2.69. The molecule has 59 heavy (non-hydrogen) atoms. The molecular formula is C58H55N. The minimum atomic E-state index is 0.123. The molecule has 4 saturated carbocycles. The van der Waals surface area contributed by atoms with E-state index in [0.29, 0.717) is 0 Å². The summed E-state index contributed by atoms with van der Waals surface area (Å²) in [6.45, 7) is 9.77. The summed E-state index contributed by atoms with van der Waals surface area (Å²) in [7, 11) is 0. The van der Waals surface area contributed by atoms with Crippen LogP contribution in [0.4, 0.5) is 17.1 Å². The summed E-state index contributed by atoms with van der Waals surface area (Å²) in [5.41, 5.74) is 18.3. The van der Waals surface area contributed by atoms with E-state index in [2.05, 4.69) is 184 Å². The largest absolute Gasteiger partial charge is 0.310 e. The van der Waals surface area contributed by atoms with Crippen LogP contribution in [0.3, 0.4) is 0 Å². The molecule has 7 aromatic carbocycles. The lowest BCUT2D eigenvalue weighted by atomic mass is 9.43. The fourth-order valence-electron chi connectivity index (χ4n) is 13.5. The van der Waals surface area contributed by atoms with Crippen LogP contribution in [0.1, 0.15) is 94.9 Å². The number of benzene rings is 7. The first kappa shape index (κ1) is 35.5. The first-order chi connectivity index (χ1) is 28.7. The van der Waals surface area contributed by atoms with Gasteiger partial charge in [0.15, 0.2) is 0 Å². The molecule has 0 saturated heterocycles. The molecular weight excluding hydrogens is 711 g/mol. The average molecular weight is 766 g/mol. The normalized spacial score (nSPS) is 25.2. The molecule has 0 amide bonds. The third-order valence-electron chi connectivity index (χ3n) is 16.3. The highest BCUT2D eigenvalue weighted by molar-refractivity contribution is 5.89. The molecule has 292 valence electrons. The molecule has 4 bridgehead atoms. The maximum absolute atomic E-state index is 2.58. The number of fused-ring (bicyclic) bond motifs is 5. The Kier molecular flexibility index (Phi) is 7.71. The second-order valence-electron chi connectivity index (χ2n) is 20.5. The van der Waals surface area contributed by atoms with Crippen LogP contribution in [0.15, 0.2) is 152 Å². The SMILES string of the molecule is CC1(C)CCC(C)(C)c2cc(N(c3ccc(-c4ccc(-c5ccc6ccccc6c5)cc4)cc3)c3ccc4c(c3)-c3ccccc3C43C4CC5CC(C4)CC3C5)ccc21. The van der Waals surface area contributed by atoms with Crippen LogP contribution < -0.4 is 4.90 Å². The molecule has 4 fully saturated rings. The minimum Gasteiger partial charge on any atom is -0.310 e. The number of nitrogens with zero attached hydrogens (tertiary/aromatic N) is 1. The predicted molar refractivity (Wildman–Crippen MR) is 248 cm³/mol. The predicted octanol–water partition coefficient (Wildman–Crippen LogP) is 15.7. The molecule has 0 N–H and O–H groups in total. The average Bonchev–Trinajstić information content (AvgIpc) is 3.54. The summed E-state index contributed by atoms with van der Waals surface area (Å²) in [6.07, 6.45) is 9.55. The van der Waals surface area contributed by atoms with Gasteiger partial charge in [-0.25, -0.2) is 0 Å². The molecule has 0 atom stereocenters. The van der Waals surface area contributed by atoms with Gasteiger partial charge in [-0.15, -0.1) is 0 Å². The molecule has 6 aliphatic carbocycles. The molecule has 1 spiro atoms. The van der Waals surface area contributed by atoms with Gasteiger partial charge in [0.05, 0.1) is 0 Å². The highest BCUT2D eigenvalue weighted by Gasteiger charge is 2.61. The minimum absolute atomic E-state index is 0.123. The first-order valence-electron chi connectivity index (χ1n) is 22.5. The van der Waals surface area contributed by atoms with Crippen LogP contribution in [0.25, 0.3) is 44.2 Å². The summed E-state index contributed by atoms with van der Waals surface area (Å²) < 4.78 is 0. The van der Waals surface area contributed by atoms with Crippen molar-refractivity contribution in [2.45, 2.75) is 88.9 Å². The zero-order valence-corrected chi connectivity index (χ0v) is 35.1. The Morgan fingerprint density at radius 2 is 0.898 bits per heavy atom. The van der Waals surface area contributed by atoms with Gasteiger partial charge in [0.25, 0.3) is 0 Å². The molecule has 0 aromatic heterocycles. The lowest BCUT2D eigenvalue weighted by Crippen LogP contribution is -2.55. The highest BCUT2D eigenvalue weighted by atomic mass is 15.1. The lowest BCUT2D eigenvalue weighted by Gasteiger charge is -2.61. The van der Waals surface area contributed by atoms with Gasteiger partial charge >= 0.3 is 0 Å². The fourth-order valence-corrected chi connectivity index (χ4v) is 13.5. The Balaban J connectivity index is 0.959. The zero-order valence-electron chi connectivity index (χ0n) is 35.1. The maximum Gasteiger partial charge on any atom is 0.0468 e. The number of anilines is 3. The smallest absolute Gasteiger partial charge is 0.0468 e. The quantitative estimate of drug-likeness (QED) is 0.169. The number of hydrogen-bond acceptors (Lipinski definition) is 1. The van der Waals surface area contributed by atoms with E-state index in [4.69, 9.17) is 0 Å². The summed E-state index contributed by atoms with van der Waals surface area (Å²) in [4.78, 5) is 2.55. The Morgan fingerprint density at radius 3 is 1.59 bits per heavy atom. The van der Waals surface area contributed by atoms with E-state index in [0.717, 1.165) is 23.7 Å². The van der Waals surface area contributed by atoms with Crippen molar-refractivity contribution in [3.8, 4) is 33.4 Å². The van der Waals surface area contributed by atoms with Crippen molar-refractivity contribution in [2.75, 3.05) is 4.90 Å². The molecule has 7 aromatic rings. The van der Waals surface area contributed by atoms with Gasteiger partial charge in [-0.1, -0.05) is 137 Å². The molecule has 0 heterocycles. The van der Waals surface area contributed by atoms with Gasteiger partial charge in [0.1, 0.15) is 0 Å². The van der Waals surface area contributed by atoms with Crippen LogP contribution in [0.2, 0.25) is 0 Å². The summed E-state index contributed by atoms with van der Waals surface area (Å²) in [5.74, 6) is 3.42. The van der Waals surface area contributed by atoms with Crippen LogP contribution in [-0.4, -0.2) is 0 Å². The van der Waals surface area contributed by atoms with E-state index in [-0.39, 0.29) is 16.2 Å². The van der Waals surface area contributed by atoms with Crippen molar-refractivity contribution in [3.05, 3.63) is 174 Å². The van der Waals surface area contributed by atoms with E-state index in [1.54, 1.807) is 11.1 Å². The van der Waals surface area contributed by atoms with Crippen LogP contribution in [0.5, 0.6) is 0 Å². The summed E-state index contributed by atoms with van der Waals surface area (Å²) in [6, 6.07) is 58.4. The first-order valence-corrected chi connectivity index (χ1v) is 22.5. The molecule has 13 rings (SSSR count).